The molecule has 0 radical (unpaired) electrons. The smallest absolute Gasteiger partial charge is 0.261 e. The summed E-state index contributed by atoms with van der Waals surface area (Å²) in [6, 6.07) is 5.96. The zero-order valence-electron chi connectivity index (χ0n) is 19.9. The van der Waals surface area contributed by atoms with E-state index in [1.165, 1.54) is 12.1 Å². The Hall–Kier alpha value is -3.13. The van der Waals surface area contributed by atoms with Crippen LogP contribution in [0.4, 0.5) is 10.2 Å². The van der Waals surface area contributed by atoms with Crippen LogP contribution in [0.1, 0.15) is 37.0 Å². The third-order valence-electron chi connectivity index (χ3n) is 7.23. The number of ether oxygens (including phenoxy) is 1. The highest BCUT2D eigenvalue weighted by Gasteiger charge is 2.43. The first-order chi connectivity index (χ1) is 16.7. The van der Waals surface area contributed by atoms with Crippen molar-refractivity contribution >= 4 is 29.2 Å². The van der Waals surface area contributed by atoms with Gasteiger partial charge < -0.3 is 19.4 Å². The number of nitrogens with zero attached hydrogens (tertiary/aromatic N) is 4. The SMILES string of the molecule is C=CC(=O)N1CCN2C(=O)c3c(N4CCCC4(C)C)nc(-c4ccccc4F)c(Cl)c3OCC2C1. The summed E-state index contributed by atoms with van der Waals surface area (Å²) in [5, 5.41) is 0.109. The van der Waals surface area contributed by atoms with Gasteiger partial charge in [-0.25, -0.2) is 9.37 Å². The minimum Gasteiger partial charge on any atom is -0.489 e. The topological polar surface area (TPSA) is 66.0 Å². The van der Waals surface area contributed by atoms with Gasteiger partial charge in [0.25, 0.3) is 5.91 Å². The molecular weight excluding hydrogens is 471 g/mol. The lowest BCUT2D eigenvalue weighted by molar-refractivity contribution is -0.128. The number of aromatic nitrogens is 1. The highest BCUT2D eigenvalue weighted by molar-refractivity contribution is 6.35. The Labute approximate surface area is 209 Å². The number of carbonyl (C=O) groups is 2. The maximum Gasteiger partial charge on any atom is 0.261 e. The lowest BCUT2D eigenvalue weighted by Crippen LogP contribution is -2.57. The van der Waals surface area contributed by atoms with E-state index in [0.29, 0.717) is 37.6 Å². The predicted molar refractivity (Wildman–Crippen MR) is 132 cm³/mol. The molecule has 0 N–H and O–H groups in total. The van der Waals surface area contributed by atoms with Crippen LogP contribution < -0.4 is 9.64 Å². The first kappa shape index (κ1) is 23.6. The van der Waals surface area contributed by atoms with Crippen molar-refractivity contribution in [2.75, 3.05) is 37.7 Å². The van der Waals surface area contributed by atoms with Gasteiger partial charge in [-0.15, -0.1) is 0 Å². The van der Waals surface area contributed by atoms with Gasteiger partial charge in [-0.05, 0) is 44.9 Å². The van der Waals surface area contributed by atoms with E-state index in [-0.39, 0.29) is 52.0 Å². The van der Waals surface area contributed by atoms with Crippen molar-refractivity contribution in [2.24, 2.45) is 0 Å². The number of halogens is 2. The number of rotatable bonds is 3. The number of hydrogen-bond acceptors (Lipinski definition) is 5. The molecule has 1 aromatic heterocycles. The van der Waals surface area contributed by atoms with Crippen molar-refractivity contribution in [3.8, 4) is 17.0 Å². The van der Waals surface area contributed by atoms with E-state index >= 15 is 0 Å². The largest absolute Gasteiger partial charge is 0.489 e. The van der Waals surface area contributed by atoms with Gasteiger partial charge >= 0.3 is 0 Å². The number of anilines is 1. The Balaban J connectivity index is 1.67. The van der Waals surface area contributed by atoms with E-state index in [1.54, 1.807) is 28.0 Å². The Bertz CT molecular complexity index is 1220. The summed E-state index contributed by atoms with van der Waals surface area (Å²) < 4.78 is 21.0. The van der Waals surface area contributed by atoms with Crippen LogP contribution in [0.25, 0.3) is 11.3 Å². The maximum absolute atomic E-state index is 14.8. The fourth-order valence-corrected chi connectivity index (χ4v) is 5.60. The standard InChI is InChI=1S/C26H28ClFN4O3/c1-4-19(33)30-12-13-31-16(14-30)15-35-23-20(25(31)34)24(32-11-7-10-26(32,2)3)29-22(21(23)27)17-8-5-6-9-18(17)28/h4-6,8-9,16H,1,7,10-15H2,2-3H3. The highest BCUT2D eigenvalue weighted by atomic mass is 35.5. The Morgan fingerprint density at radius 2 is 2.06 bits per heavy atom. The normalized spacial score (nSPS) is 21.2. The second kappa shape index (κ2) is 8.82. The molecular formula is C26H28ClFN4O3. The van der Waals surface area contributed by atoms with E-state index in [9.17, 15) is 14.0 Å². The molecule has 1 atom stereocenters. The van der Waals surface area contributed by atoms with Crippen LogP contribution >= 0.6 is 11.6 Å². The summed E-state index contributed by atoms with van der Waals surface area (Å²) in [6.07, 6.45) is 3.15. The summed E-state index contributed by atoms with van der Waals surface area (Å²) in [6.45, 7) is 9.75. The number of hydrogen-bond donors (Lipinski definition) is 0. The third-order valence-corrected chi connectivity index (χ3v) is 7.58. The molecule has 3 aliphatic heterocycles. The number of fused-ring (bicyclic) bond motifs is 2. The first-order valence-corrected chi connectivity index (χ1v) is 12.2. The molecule has 1 aromatic carbocycles. The molecule has 0 saturated carbocycles. The zero-order chi connectivity index (χ0) is 24.9. The second-order valence-corrected chi connectivity index (χ2v) is 10.2. The maximum atomic E-state index is 14.8. The van der Waals surface area contributed by atoms with Gasteiger partial charge in [0.15, 0.2) is 5.75 Å². The molecule has 184 valence electrons. The van der Waals surface area contributed by atoms with Gasteiger partial charge in [-0.3, -0.25) is 9.59 Å². The minimum absolute atomic E-state index is 0.109. The van der Waals surface area contributed by atoms with Crippen molar-refractivity contribution in [2.45, 2.75) is 38.3 Å². The lowest BCUT2D eigenvalue weighted by atomic mass is 10.0. The summed E-state index contributed by atoms with van der Waals surface area (Å²) >= 11 is 6.80. The summed E-state index contributed by atoms with van der Waals surface area (Å²) in [4.78, 5) is 36.5. The van der Waals surface area contributed by atoms with Gasteiger partial charge in [0.05, 0.1) is 11.7 Å². The van der Waals surface area contributed by atoms with Crippen LogP contribution in [0.2, 0.25) is 5.02 Å². The number of piperazine rings is 1. The summed E-state index contributed by atoms with van der Waals surface area (Å²) in [5.74, 6) is -0.191. The molecule has 9 heteroatoms. The van der Waals surface area contributed by atoms with Crippen LogP contribution in [0.3, 0.4) is 0 Å². The summed E-state index contributed by atoms with van der Waals surface area (Å²) in [5.41, 5.74) is 0.551. The van der Waals surface area contributed by atoms with Crippen molar-refractivity contribution in [3.05, 3.63) is 53.3 Å². The number of carbonyl (C=O) groups excluding carboxylic acids is 2. The number of amides is 2. The lowest BCUT2D eigenvalue weighted by Gasteiger charge is -2.40. The van der Waals surface area contributed by atoms with E-state index in [2.05, 4.69) is 25.3 Å². The molecule has 4 heterocycles. The van der Waals surface area contributed by atoms with Crippen molar-refractivity contribution in [3.63, 3.8) is 0 Å². The van der Waals surface area contributed by atoms with Crippen LogP contribution in [0.15, 0.2) is 36.9 Å². The predicted octanol–water partition coefficient (Wildman–Crippen LogP) is 4.15. The fourth-order valence-electron chi connectivity index (χ4n) is 5.30. The van der Waals surface area contributed by atoms with Crippen LogP contribution in [0.5, 0.6) is 5.75 Å². The van der Waals surface area contributed by atoms with Gasteiger partial charge in [0.2, 0.25) is 5.91 Å². The average molecular weight is 499 g/mol. The molecule has 3 aliphatic rings. The molecule has 2 aromatic rings. The van der Waals surface area contributed by atoms with Gasteiger partial charge in [0, 0.05) is 37.3 Å². The number of benzene rings is 1. The average Bonchev–Trinajstić information content (AvgIpc) is 3.13. The molecule has 2 amide bonds. The van der Waals surface area contributed by atoms with Gasteiger partial charge in [-0.1, -0.05) is 30.3 Å². The quantitative estimate of drug-likeness (QED) is 0.595. The van der Waals surface area contributed by atoms with E-state index < -0.39 is 5.82 Å². The van der Waals surface area contributed by atoms with E-state index in [4.69, 9.17) is 21.3 Å². The highest BCUT2D eigenvalue weighted by Crippen LogP contribution is 2.46. The minimum atomic E-state index is -0.454. The molecule has 2 saturated heterocycles. The molecule has 0 bridgehead atoms. The Morgan fingerprint density at radius 1 is 1.29 bits per heavy atom. The zero-order valence-corrected chi connectivity index (χ0v) is 20.6. The molecule has 0 aliphatic carbocycles. The fraction of sp³-hybridized carbons (Fsp3) is 0.423. The molecule has 5 rings (SSSR count). The van der Waals surface area contributed by atoms with Crippen molar-refractivity contribution in [1.82, 2.24) is 14.8 Å². The Morgan fingerprint density at radius 3 is 2.74 bits per heavy atom. The monoisotopic (exact) mass is 498 g/mol. The second-order valence-electron chi connectivity index (χ2n) is 9.80. The molecule has 0 spiro atoms. The number of pyridine rings is 1. The van der Waals surface area contributed by atoms with Crippen molar-refractivity contribution < 1.29 is 18.7 Å². The van der Waals surface area contributed by atoms with Crippen molar-refractivity contribution in [1.29, 1.82) is 0 Å². The van der Waals surface area contributed by atoms with Crippen LogP contribution in [-0.4, -0.2) is 71.0 Å². The van der Waals surface area contributed by atoms with E-state index in [1.807, 2.05) is 0 Å². The molecule has 7 nitrogen and oxygen atoms in total. The Kier molecular flexibility index (Phi) is 5.95. The molecule has 1 unspecified atom stereocenters. The molecule has 2 fully saturated rings. The third kappa shape index (κ3) is 3.93. The van der Waals surface area contributed by atoms with Crippen LogP contribution in [-0.2, 0) is 4.79 Å². The van der Waals surface area contributed by atoms with E-state index in [0.717, 1.165) is 12.8 Å². The summed E-state index contributed by atoms with van der Waals surface area (Å²) in [7, 11) is 0. The van der Waals surface area contributed by atoms with Gasteiger partial charge in [0.1, 0.15) is 28.8 Å². The molecule has 35 heavy (non-hydrogen) atoms. The van der Waals surface area contributed by atoms with Crippen LogP contribution in [0, 0.1) is 5.82 Å². The van der Waals surface area contributed by atoms with Gasteiger partial charge in [-0.2, -0.15) is 0 Å². The first-order valence-electron chi connectivity index (χ1n) is 11.8.